The van der Waals surface area contributed by atoms with Gasteiger partial charge in [0.25, 0.3) is 0 Å². The number of amides is 1. The van der Waals surface area contributed by atoms with Crippen molar-refractivity contribution in [2.75, 3.05) is 5.75 Å². The Hall–Kier alpha value is -0.960. The topological polar surface area (TPSA) is 29.1 Å². The summed E-state index contributed by atoms with van der Waals surface area (Å²) in [6, 6.07) is 9.03. The zero-order chi connectivity index (χ0) is 15.9. The summed E-state index contributed by atoms with van der Waals surface area (Å²) in [5.41, 5.74) is 2.63. The number of carbonyl (C=O) groups excluding carboxylic acids is 1. The predicted octanol–water partition coefficient (Wildman–Crippen LogP) is 4.56. The Morgan fingerprint density at radius 3 is 2.68 bits per heavy atom. The van der Waals surface area contributed by atoms with Crippen molar-refractivity contribution < 1.29 is 4.79 Å². The highest BCUT2D eigenvalue weighted by Crippen LogP contribution is 2.29. The molecule has 2 rings (SSSR count). The van der Waals surface area contributed by atoms with Crippen LogP contribution in [0.1, 0.15) is 50.7 Å². The zero-order valence-electron chi connectivity index (χ0n) is 14.1. The Balaban J connectivity index is 1.64. The molecule has 1 aliphatic carbocycles. The van der Waals surface area contributed by atoms with E-state index >= 15 is 0 Å². The lowest BCUT2D eigenvalue weighted by Crippen LogP contribution is -2.43. The maximum atomic E-state index is 12.1. The van der Waals surface area contributed by atoms with Crippen molar-refractivity contribution >= 4 is 17.7 Å². The predicted molar refractivity (Wildman–Crippen MR) is 96.1 cm³/mol. The van der Waals surface area contributed by atoms with Crippen molar-refractivity contribution in [3.63, 3.8) is 0 Å². The third kappa shape index (κ3) is 5.35. The van der Waals surface area contributed by atoms with Gasteiger partial charge in [-0.3, -0.25) is 4.79 Å². The Labute approximate surface area is 139 Å². The monoisotopic (exact) mass is 319 g/mol. The quantitative estimate of drug-likeness (QED) is 0.779. The third-order valence-electron chi connectivity index (χ3n) is 4.92. The molecule has 1 saturated carbocycles. The number of nitrogens with one attached hydrogen (secondary N) is 1. The molecule has 1 aromatic carbocycles. The molecular weight excluding hydrogens is 290 g/mol. The molecule has 0 saturated heterocycles. The van der Waals surface area contributed by atoms with Gasteiger partial charge < -0.3 is 5.32 Å². The number of aryl methyl sites for hydroxylation is 1. The van der Waals surface area contributed by atoms with Crippen molar-refractivity contribution in [1.82, 2.24) is 5.32 Å². The first-order valence-electron chi connectivity index (χ1n) is 8.49. The van der Waals surface area contributed by atoms with Crippen molar-refractivity contribution in [2.24, 2.45) is 11.8 Å². The summed E-state index contributed by atoms with van der Waals surface area (Å²) in [5, 5.41) is 3.25. The number of thioether (sulfide) groups is 1. The third-order valence-corrected chi connectivity index (χ3v) is 5.95. The SMILES string of the molecule is Cc1ccc(CSCCC(=O)N[C@@H]2CCC[C@@H](C)[C@@H]2C)cc1. The van der Waals surface area contributed by atoms with Crippen molar-refractivity contribution in [3.8, 4) is 0 Å². The molecule has 0 bridgehead atoms. The molecule has 2 nitrogen and oxygen atoms in total. The molecular formula is C19H29NOS. The summed E-state index contributed by atoms with van der Waals surface area (Å²) in [4.78, 5) is 12.1. The molecule has 22 heavy (non-hydrogen) atoms. The van der Waals surface area contributed by atoms with Crippen molar-refractivity contribution in [3.05, 3.63) is 35.4 Å². The summed E-state index contributed by atoms with van der Waals surface area (Å²) < 4.78 is 0. The van der Waals surface area contributed by atoms with E-state index in [0.29, 0.717) is 18.4 Å². The highest BCUT2D eigenvalue weighted by atomic mass is 32.2. The van der Waals surface area contributed by atoms with Crippen LogP contribution in [0.15, 0.2) is 24.3 Å². The van der Waals surface area contributed by atoms with E-state index in [0.717, 1.165) is 23.8 Å². The van der Waals surface area contributed by atoms with Crippen LogP contribution in [0.5, 0.6) is 0 Å². The average molecular weight is 320 g/mol. The van der Waals surface area contributed by atoms with Gasteiger partial charge >= 0.3 is 0 Å². The van der Waals surface area contributed by atoms with Crippen LogP contribution in [0.4, 0.5) is 0 Å². The van der Waals surface area contributed by atoms with E-state index < -0.39 is 0 Å². The van der Waals surface area contributed by atoms with Crippen LogP contribution >= 0.6 is 11.8 Å². The molecule has 0 unspecified atom stereocenters. The number of carbonyl (C=O) groups is 1. The molecule has 122 valence electrons. The molecule has 1 aromatic rings. The maximum Gasteiger partial charge on any atom is 0.221 e. The Morgan fingerprint density at radius 2 is 1.95 bits per heavy atom. The first-order chi connectivity index (χ1) is 10.6. The average Bonchev–Trinajstić information content (AvgIpc) is 2.50. The minimum Gasteiger partial charge on any atom is -0.353 e. The molecule has 0 aliphatic heterocycles. The molecule has 0 aromatic heterocycles. The lowest BCUT2D eigenvalue weighted by atomic mass is 9.78. The lowest BCUT2D eigenvalue weighted by Gasteiger charge is -2.34. The lowest BCUT2D eigenvalue weighted by molar-refractivity contribution is -0.122. The van der Waals surface area contributed by atoms with Crippen LogP contribution in [0.3, 0.4) is 0 Å². The molecule has 0 radical (unpaired) electrons. The van der Waals surface area contributed by atoms with Gasteiger partial charge in [0.15, 0.2) is 0 Å². The number of benzene rings is 1. The fourth-order valence-electron chi connectivity index (χ4n) is 3.10. The van der Waals surface area contributed by atoms with Crippen molar-refractivity contribution in [1.29, 1.82) is 0 Å². The van der Waals surface area contributed by atoms with Crippen LogP contribution < -0.4 is 5.32 Å². The van der Waals surface area contributed by atoms with E-state index in [-0.39, 0.29) is 5.91 Å². The Morgan fingerprint density at radius 1 is 1.23 bits per heavy atom. The Bertz CT molecular complexity index is 471. The molecule has 1 N–H and O–H groups in total. The first-order valence-corrected chi connectivity index (χ1v) is 9.64. The minimum absolute atomic E-state index is 0.224. The van der Waals surface area contributed by atoms with E-state index in [2.05, 4.69) is 50.4 Å². The van der Waals surface area contributed by atoms with E-state index in [4.69, 9.17) is 0 Å². The minimum atomic E-state index is 0.224. The van der Waals surface area contributed by atoms with E-state index in [1.54, 1.807) is 0 Å². The highest BCUT2D eigenvalue weighted by Gasteiger charge is 2.27. The van der Waals surface area contributed by atoms with Gasteiger partial charge in [0.2, 0.25) is 5.91 Å². The van der Waals surface area contributed by atoms with Gasteiger partial charge in [-0.15, -0.1) is 0 Å². The van der Waals surface area contributed by atoms with Crippen LogP contribution in [0, 0.1) is 18.8 Å². The summed E-state index contributed by atoms with van der Waals surface area (Å²) in [6.45, 7) is 6.69. The van der Waals surface area contributed by atoms with Gasteiger partial charge in [0, 0.05) is 24.0 Å². The Kier molecular flexibility index (Phi) is 6.81. The molecule has 0 heterocycles. The van der Waals surface area contributed by atoms with Crippen LogP contribution in [-0.2, 0) is 10.5 Å². The maximum absolute atomic E-state index is 12.1. The summed E-state index contributed by atoms with van der Waals surface area (Å²) in [6.07, 6.45) is 4.33. The van der Waals surface area contributed by atoms with Gasteiger partial charge in [-0.1, -0.05) is 56.5 Å². The second-order valence-corrected chi connectivity index (χ2v) is 7.83. The second-order valence-electron chi connectivity index (χ2n) is 6.73. The number of hydrogen-bond donors (Lipinski definition) is 1. The van der Waals surface area contributed by atoms with Gasteiger partial charge in [-0.25, -0.2) is 0 Å². The number of rotatable bonds is 6. The summed E-state index contributed by atoms with van der Waals surface area (Å²) in [5.74, 6) is 3.45. The summed E-state index contributed by atoms with van der Waals surface area (Å²) >= 11 is 1.84. The second kappa shape index (κ2) is 8.61. The van der Waals surface area contributed by atoms with Gasteiger partial charge in [0.05, 0.1) is 0 Å². The van der Waals surface area contributed by atoms with E-state index in [9.17, 15) is 4.79 Å². The molecule has 1 fully saturated rings. The standard InChI is InChI=1S/C19H29NOS/c1-14-7-9-17(10-8-14)13-22-12-11-19(21)20-18-6-4-5-15(2)16(18)3/h7-10,15-16,18H,4-6,11-13H2,1-3H3,(H,20,21)/t15-,16+,18-/m1/s1. The first kappa shape index (κ1) is 17.4. The van der Waals surface area contributed by atoms with Gasteiger partial charge in [-0.05, 0) is 30.7 Å². The van der Waals surface area contributed by atoms with Gasteiger partial charge in [-0.2, -0.15) is 11.8 Å². The smallest absolute Gasteiger partial charge is 0.221 e. The van der Waals surface area contributed by atoms with E-state index in [1.165, 1.54) is 24.0 Å². The van der Waals surface area contributed by atoms with Crippen LogP contribution in [0.25, 0.3) is 0 Å². The molecule has 1 amide bonds. The normalized spacial score (nSPS) is 25.0. The molecule has 0 spiro atoms. The molecule has 1 aliphatic rings. The van der Waals surface area contributed by atoms with E-state index in [1.807, 2.05) is 11.8 Å². The van der Waals surface area contributed by atoms with Crippen LogP contribution in [-0.4, -0.2) is 17.7 Å². The van der Waals surface area contributed by atoms with Crippen LogP contribution in [0.2, 0.25) is 0 Å². The van der Waals surface area contributed by atoms with Gasteiger partial charge in [0.1, 0.15) is 0 Å². The fraction of sp³-hybridized carbons (Fsp3) is 0.632. The highest BCUT2D eigenvalue weighted by molar-refractivity contribution is 7.98. The zero-order valence-corrected chi connectivity index (χ0v) is 14.9. The molecule has 3 atom stereocenters. The summed E-state index contributed by atoms with van der Waals surface area (Å²) in [7, 11) is 0. The fourth-order valence-corrected chi connectivity index (χ4v) is 4.01. The number of hydrogen-bond acceptors (Lipinski definition) is 2. The molecule has 3 heteroatoms. The largest absolute Gasteiger partial charge is 0.353 e. The van der Waals surface area contributed by atoms with Crippen molar-refractivity contribution in [2.45, 2.75) is 58.2 Å².